The number of carbonyl (C=O) groups is 2. The molecule has 0 aliphatic carbocycles. The van der Waals surface area contributed by atoms with Gasteiger partial charge in [0.1, 0.15) is 5.75 Å². The quantitative estimate of drug-likeness (QED) is 0.670. The van der Waals surface area contributed by atoms with Crippen LogP contribution in [0.2, 0.25) is 5.02 Å². The maximum absolute atomic E-state index is 12.5. The van der Waals surface area contributed by atoms with Gasteiger partial charge in [0.2, 0.25) is 0 Å². The van der Waals surface area contributed by atoms with Crippen LogP contribution < -0.4 is 10.1 Å². The number of likely N-dealkylation sites (tertiary alicyclic amines) is 1. The van der Waals surface area contributed by atoms with E-state index >= 15 is 0 Å². The molecule has 6 nitrogen and oxygen atoms in total. The molecule has 2 aliphatic heterocycles. The van der Waals surface area contributed by atoms with Crippen molar-refractivity contribution in [3.05, 3.63) is 64.3 Å². The Kier molecular flexibility index (Phi) is 4.06. The molecule has 2 aromatic carbocycles. The fourth-order valence-corrected chi connectivity index (χ4v) is 4.33. The number of Topliss-reactive ketones (excluding diaryl/α,β-unsaturated/α-hetero) is 1. The molecule has 0 bridgehead atoms. The molecule has 2 aliphatic rings. The van der Waals surface area contributed by atoms with Crippen LogP contribution in [0, 0.1) is 6.92 Å². The number of fused-ring (bicyclic) bond motifs is 2. The molecular weight excluding hydrogens is 390 g/mol. The molecule has 1 spiro atoms. The Bertz CT molecular complexity index is 1150. The summed E-state index contributed by atoms with van der Waals surface area (Å²) in [5.41, 5.74) is 3.12. The van der Waals surface area contributed by atoms with Crippen molar-refractivity contribution < 1.29 is 14.3 Å². The third kappa shape index (κ3) is 3.23. The van der Waals surface area contributed by atoms with Crippen LogP contribution in [-0.4, -0.2) is 40.4 Å². The molecule has 2 N–H and O–H groups in total. The normalized spacial score (nSPS) is 17.0. The number of ketones is 1. The molecule has 5 rings (SSSR count). The first kappa shape index (κ1) is 18.1. The molecular formula is C22H20ClN3O3. The number of H-pyrrole nitrogens is 1. The van der Waals surface area contributed by atoms with Gasteiger partial charge in [0, 0.05) is 22.8 Å². The van der Waals surface area contributed by atoms with Crippen LogP contribution >= 0.6 is 11.6 Å². The number of nitrogens with one attached hydrogen (secondary N) is 2. The van der Waals surface area contributed by atoms with Crippen LogP contribution in [0.25, 0.3) is 10.9 Å². The van der Waals surface area contributed by atoms with Crippen LogP contribution in [0.1, 0.15) is 28.0 Å². The molecule has 2 amide bonds. The van der Waals surface area contributed by atoms with Gasteiger partial charge in [0.25, 0.3) is 0 Å². The van der Waals surface area contributed by atoms with Crippen LogP contribution in [0.3, 0.4) is 0 Å². The first-order valence-electron chi connectivity index (χ1n) is 9.54. The Morgan fingerprint density at radius 3 is 2.90 bits per heavy atom. The zero-order chi connectivity index (χ0) is 20.2. The van der Waals surface area contributed by atoms with Gasteiger partial charge in [-0.15, -0.1) is 0 Å². The van der Waals surface area contributed by atoms with E-state index in [0.717, 1.165) is 22.2 Å². The van der Waals surface area contributed by atoms with Gasteiger partial charge in [0.15, 0.2) is 11.4 Å². The van der Waals surface area contributed by atoms with Crippen molar-refractivity contribution in [2.24, 2.45) is 0 Å². The van der Waals surface area contributed by atoms with E-state index in [4.69, 9.17) is 16.3 Å². The van der Waals surface area contributed by atoms with Gasteiger partial charge in [-0.25, -0.2) is 4.79 Å². The van der Waals surface area contributed by atoms with E-state index in [1.54, 1.807) is 23.1 Å². The highest BCUT2D eigenvalue weighted by atomic mass is 35.5. The molecule has 0 atom stereocenters. The number of amides is 2. The summed E-state index contributed by atoms with van der Waals surface area (Å²) in [5.74, 6) is 0.546. The number of nitrogens with zero attached hydrogens (tertiary/aromatic N) is 1. The Hall–Kier alpha value is -2.99. The highest BCUT2D eigenvalue weighted by Gasteiger charge is 2.51. The fraction of sp³-hybridized carbons (Fsp3) is 0.273. The Morgan fingerprint density at radius 2 is 2.07 bits per heavy atom. The lowest BCUT2D eigenvalue weighted by molar-refractivity contribution is -0.0596. The van der Waals surface area contributed by atoms with Gasteiger partial charge in [0.05, 0.1) is 25.1 Å². The number of urea groups is 1. The SMILES string of the molecule is Cc1cc2cc(CNC(=O)N3CC4(CC(=O)c5cc(Cl)ccc5O4)C3)ccc2[nH]1. The minimum atomic E-state index is -0.628. The van der Waals surface area contributed by atoms with Crippen molar-refractivity contribution in [2.75, 3.05) is 13.1 Å². The first-order valence-corrected chi connectivity index (χ1v) is 9.91. The van der Waals surface area contributed by atoms with Crippen LogP contribution in [0.15, 0.2) is 42.5 Å². The lowest BCUT2D eigenvalue weighted by atomic mass is 9.84. The molecule has 148 valence electrons. The summed E-state index contributed by atoms with van der Waals surface area (Å²) in [7, 11) is 0. The number of hydrogen-bond donors (Lipinski definition) is 2. The van der Waals surface area contributed by atoms with E-state index in [1.807, 2.05) is 19.1 Å². The average molecular weight is 410 g/mol. The molecule has 29 heavy (non-hydrogen) atoms. The van der Waals surface area contributed by atoms with Crippen molar-refractivity contribution in [3.8, 4) is 5.75 Å². The lowest BCUT2D eigenvalue weighted by Gasteiger charge is -2.50. The number of ether oxygens (including phenoxy) is 1. The van der Waals surface area contributed by atoms with E-state index in [2.05, 4.69) is 22.4 Å². The molecule has 7 heteroatoms. The van der Waals surface area contributed by atoms with Gasteiger partial charge in [-0.3, -0.25) is 4.79 Å². The molecule has 1 aromatic heterocycles. The van der Waals surface area contributed by atoms with E-state index in [0.29, 0.717) is 36.0 Å². The first-order chi connectivity index (χ1) is 13.9. The number of halogens is 1. The summed E-state index contributed by atoms with van der Waals surface area (Å²) in [5, 5.41) is 4.59. The topological polar surface area (TPSA) is 74.4 Å². The highest BCUT2D eigenvalue weighted by Crippen LogP contribution is 2.39. The third-order valence-electron chi connectivity index (χ3n) is 5.56. The second-order valence-corrected chi connectivity index (χ2v) is 8.35. The summed E-state index contributed by atoms with van der Waals surface area (Å²) in [6.45, 7) is 3.25. The predicted octanol–water partition coefficient (Wildman–Crippen LogP) is 4.06. The molecule has 0 radical (unpaired) electrons. The maximum atomic E-state index is 12.5. The standard InChI is InChI=1S/C22H20ClN3O3/c1-13-6-15-7-14(2-4-18(15)25-13)10-24-21(28)26-11-22(12-26)9-19(27)17-8-16(23)3-5-20(17)29-22/h2-8,25H,9-12H2,1H3,(H,24,28). The number of aryl methyl sites for hydroxylation is 1. The minimum absolute atomic E-state index is 0.00362. The van der Waals surface area contributed by atoms with Gasteiger partial charge < -0.3 is 19.9 Å². The van der Waals surface area contributed by atoms with Crippen LogP contribution in [0.5, 0.6) is 5.75 Å². The molecule has 1 fully saturated rings. The van der Waals surface area contributed by atoms with Gasteiger partial charge in [-0.2, -0.15) is 0 Å². The summed E-state index contributed by atoms with van der Waals surface area (Å²) in [6, 6.07) is 13.1. The Labute approximate surface area is 172 Å². The molecule has 0 unspecified atom stereocenters. The van der Waals surface area contributed by atoms with E-state index < -0.39 is 5.60 Å². The van der Waals surface area contributed by atoms with Crippen molar-refractivity contribution in [2.45, 2.75) is 25.5 Å². The second kappa shape index (κ2) is 6.52. The number of rotatable bonds is 2. The fourth-order valence-electron chi connectivity index (χ4n) is 4.16. The number of benzene rings is 2. The third-order valence-corrected chi connectivity index (χ3v) is 5.80. The highest BCUT2D eigenvalue weighted by molar-refractivity contribution is 6.31. The predicted molar refractivity (Wildman–Crippen MR) is 111 cm³/mol. The van der Waals surface area contributed by atoms with E-state index in [9.17, 15) is 9.59 Å². The van der Waals surface area contributed by atoms with Gasteiger partial charge in [-0.1, -0.05) is 17.7 Å². The summed E-state index contributed by atoms with van der Waals surface area (Å²) in [6.07, 6.45) is 0.258. The number of aromatic nitrogens is 1. The zero-order valence-corrected chi connectivity index (χ0v) is 16.7. The van der Waals surface area contributed by atoms with Crippen LogP contribution in [-0.2, 0) is 6.54 Å². The summed E-state index contributed by atoms with van der Waals surface area (Å²) < 4.78 is 6.07. The second-order valence-electron chi connectivity index (χ2n) is 7.91. The molecule has 0 saturated carbocycles. The largest absolute Gasteiger partial charge is 0.482 e. The number of aromatic amines is 1. The van der Waals surface area contributed by atoms with E-state index in [1.165, 1.54) is 0 Å². The van der Waals surface area contributed by atoms with E-state index in [-0.39, 0.29) is 18.2 Å². The molecule has 3 aromatic rings. The van der Waals surface area contributed by atoms with Crippen molar-refractivity contribution in [1.82, 2.24) is 15.2 Å². The summed E-state index contributed by atoms with van der Waals surface area (Å²) >= 11 is 5.97. The van der Waals surface area contributed by atoms with Gasteiger partial charge in [-0.05, 0) is 54.3 Å². The van der Waals surface area contributed by atoms with Crippen molar-refractivity contribution in [3.63, 3.8) is 0 Å². The monoisotopic (exact) mass is 409 g/mol. The minimum Gasteiger partial charge on any atom is -0.482 e. The van der Waals surface area contributed by atoms with Crippen molar-refractivity contribution >= 4 is 34.3 Å². The van der Waals surface area contributed by atoms with Crippen molar-refractivity contribution in [1.29, 1.82) is 0 Å². The van der Waals surface area contributed by atoms with Gasteiger partial charge >= 0.3 is 6.03 Å². The average Bonchev–Trinajstić information content (AvgIpc) is 3.04. The Balaban J connectivity index is 1.21. The summed E-state index contributed by atoms with van der Waals surface area (Å²) in [4.78, 5) is 30.0. The number of hydrogen-bond acceptors (Lipinski definition) is 3. The van der Waals surface area contributed by atoms with Crippen LogP contribution in [0.4, 0.5) is 4.79 Å². The smallest absolute Gasteiger partial charge is 0.317 e. The lowest BCUT2D eigenvalue weighted by Crippen LogP contribution is -2.69. The molecule has 1 saturated heterocycles. The Morgan fingerprint density at radius 1 is 1.24 bits per heavy atom. The molecule has 3 heterocycles. The maximum Gasteiger partial charge on any atom is 0.317 e. The zero-order valence-electron chi connectivity index (χ0n) is 15.9. The number of carbonyl (C=O) groups excluding carboxylic acids is 2.